The maximum Gasteiger partial charge on any atom is 0.410 e. The summed E-state index contributed by atoms with van der Waals surface area (Å²) in [6, 6.07) is 19.7. The number of allylic oxidation sites excluding steroid dienone is 3. The van der Waals surface area contributed by atoms with Gasteiger partial charge in [0.1, 0.15) is 12.8 Å². The molecule has 37 heavy (non-hydrogen) atoms. The van der Waals surface area contributed by atoms with Gasteiger partial charge in [0.25, 0.3) is 0 Å². The molecule has 200 valence electrons. The fraction of sp³-hybridized carbons (Fsp3) is 0.400. The zero-order chi connectivity index (χ0) is 27.3. The minimum atomic E-state index is -0.873. The van der Waals surface area contributed by atoms with E-state index >= 15 is 0 Å². The van der Waals surface area contributed by atoms with E-state index in [1.807, 2.05) is 80.6 Å². The highest BCUT2D eigenvalue weighted by molar-refractivity contribution is 5.74. The monoisotopic (exact) mass is 510 g/mol. The van der Waals surface area contributed by atoms with Crippen LogP contribution in [0.4, 0.5) is 9.18 Å². The van der Waals surface area contributed by atoms with Gasteiger partial charge in [-0.05, 0) is 50.5 Å². The smallest absolute Gasteiger partial charge is 0.410 e. The summed E-state index contributed by atoms with van der Waals surface area (Å²) in [7, 11) is 0. The molecular formula is C30H39FN2O4. The number of hydrogen-bond acceptors (Lipinski definition) is 4. The van der Waals surface area contributed by atoms with Crippen LogP contribution in [0.3, 0.4) is 0 Å². The highest BCUT2D eigenvalue weighted by Crippen LogP contribution is 2.29. The first-order valence-corrected chi connectivity index (χ1v) is 12.6. The summed E-state index contributed by atoms with van der Waals surface area (Å²) < 4.78 is 18.0. The number of ether oxygens (including phenoxy) is 1. The Bertz CT molecular complexity index is 989. The minimum Gasteiger partial charge on any atom is -0.446 e. The molecule has 2 amide bonds. The Hall–Kier alpha value is -3.45. The third kappa shape index (κ3) is 10.2. The average Bonchev–Trinajstić information content (AvgIpc) is 2.89. The van der Waals surface area contributed by atoms with E-state index in [1.165, 1.54) is 4.90 Å². The van der Waals surface area contributed by atoms with Crippen molar-refractivity contribution >= 4 is 18.1 Å². The molecule has 1 aliphatic rings. The van der Waals surface area contributed by atoms with Crippen molar-refractivity contribution in [3.63, 3.8) is 0 Å². The number of carbonyl (C=O) groups is 2. The number of amides is 2. The third-order valence-corrected chi connectivity index (χ3v) is 6.02. The number of alkyl halides is 1. The molecule has 1 N–H and O–H groups in total. The van der Waals surface area contributed by atoms with E-state index in [-0.39, 0.29) is 24.8 Å². The summed E-state index contributed by atoms with van der Waals surface area (Å²) in [6.45, 7) is 7.27. The number of rotatable bonds is 10. The fourth-order valence-corrected chi connectivity index (χ4v) is 4.01. The summed E-state index contributed by atoms with van der Waals surface area (Å²) >= 11 is 0. The van der Waals surface area contributed by atoms with Crippen LogP contribution in [0.2, 0.25) is 0 Å². The Kier molecular flexibility index (Phi) is 12.0. The summed E-state index contributed by atoms with van der Waals surface area (Å²) in [4.78, 5) is 26.4. The van der Waals surface area contributed by atoms with Crippen LogP contribution in [-0.4, -0.2) is 58.9 Å². The molecule has 2 unspecified atom stereocenters. The summed E-state index contributed by atoms with van der Waals surface area (Å²) in [5.74, 6) is 0. The van der Waals surface area contributed by atoms with Crippen molar-refractivity contribution in [3.8, 4) is 0 Å². The lowest BCUT2D eigenvalue weighted by Gasteiger charge is -2.37. The Morgan fingerprint density at radius 3 is 2.24 bits per heavy atom. The molecule has 2 atom stereocenters. The van der Waals surface area contributed by atoms with E-state index in [4.69, 9.17) is 4.74 Å². The molecule has 6 nitrogen and oxygen atoms in total. The van der Waals surface area contributed by atoms with Crippen LogP contribution in [0.15, 0.2) is 79.0 Å². The number of benzene rings is 2. The molecule has 0 aliphatic carbocycles. The first-order valence-electron chi connectivity index (χ1n) is 12.6. The Balaban J connectivity index is 0.000000700. The molecule has 7 heteroatoms. The number of aliphatic hydroxyl groups is 1. The molecule has 0 aromatic heterocycles. The van der Waals surface area contributed by atoms with Gasteiger partial charge < -0.3 is 19.6 Å². The maximum atomic E-state index is 12.5. The van der Waals surface area contributed by atoms with Crippen LogP contribution in [0.25, 0.3) is 5.57 Å². The lowest BCUT2D eigenvalue weighted by molar-refractivity contribution is -0.116. The van der Waals surface area contributed by atoms with Gasteiger partial charge >= 0.3 is 6.09 Å². The van der Waals surface area contributed by atoms with Crippen molar-refractivity contribution in [2.24, 2.45) is 0 Å². The predicted molar refractivity (Wildman–Crippen MR) is 145 cm³/mol. The summed E-state index contributed by atoms with van der Waals surface area (Å²) in [5, 5.41) is 9.96. The molecule has 1 heterocycles. The lowest BCUT2D eigenvalue weighted by Crippen LogP contribution is -2.45. The molecule has 1 aliphatic heterocycles. The summed E-state index contributed by atoms with van der Waals surface area (Å²) in [6.07, 6.45) is 6.30. The highest BCUT2D eigenvalue weighted by atomic mass is 19.1. The van der Waals surface area contributed by atoms with Gasteiger partial charge in [0.15, 0.2) is 0 Å². The third-order valence-electron chi connectivity index (χ3n) is 6.02. The number of nitrogens with zero attached hydrogens (tertiary/aromatic N) is 2. The van der Waals surface area contributed by atoms with Gasteiger partial charge in [0.2, 0.25) is 6.41 Å². The Labute approximate surface area is 220 Å². The Morgan fingerprint density at radius 2 is 1.78 bits per heavy atom. The van der Waals surface area contributed by atoms with Crippen molar-refractivity contribution in [1.29, 1.82) is 0 Å². The molecule has 0 saturated carbocycles. The largest absolute Gasteiger partial charge is 0.446 e. The molecular weight excluding hydrogens is 471 g/mol. The molecule has 0 bridgehead atoms. The van der Waals surface area contributed by atoms with Gasteiger partial charge in [0.05, 0.1) is 18.2 Å². The second kappa shape index (κ2) is 15.0. The van der Waals surface area contributed by atoms with Crippen LogP contribution in [0, 0.1) is 0 Å². The Morgan fingerprint density at radius 1 is 1.19 bits per heavy atom. The standard InChI is InChI=1S/C24H33FN2O4.C6H6/c1-5-19(10-13-26(17-28)15-12-25)21-8-6-20(7-9-21)18(2)27-14-11-22(31-23(27)29)16-24(3,4)30;1-2-4-6-5-3-1/h5-10,13,17-18,22,30H,11-12,14-16H2,1-4H3;1-6H/b13-10-,19-5+;. The molecule has 0 radical (unpaired) electrons. The molecule has 2 aromatic carbocycles. The van der Waals surface area contributed by atoms with Gasteiger partial charge in [-0.25, -0.2) is 9.18 Å². The van der Waals surface area contributed by atoms with E-state index in [9.17, 15) is 19.1 Å². The van der Waals surface area contributed by atoms with Crippen LogP contribution in [0.1, 0.15) is 57.7 Å². The lowest BCUT2D eigenvalue weighted by atomic mass is 9.97. The number of hydrogen-bond donors (Lipinski definition) is 1. The van der Waals surface area contributed by atoms with E-state index in [2.05, 4.69) is 0 Å². The molecule has 0 spiro atoms. The van der Waals surface area contributed by atoms with Gasteiger partial charge in [-0.3, -0.25) is 4.79 Å². The van der Waals surface area contributed by atoms with Crippen molar-refractivity contribution in [3.05, 3.63) is 90.1 Å². The van der Waals surface area contributed by atoms with Gasteiger partial charge in [0, 0.05) is 25.6 Å². The zero-order valence-corrected chi connectivity index (χ0v) is 22.2. The number of halogens is 1. The fourth-order valence-electron chi connectivity index (χ4n) is 4.01. The van der Waals surface area contributed by atoms with E-state index < -0.39 is 12.3 Å². The second-order valence-corrected chi connectivity index (χ2v) is 9.55. The number of cyclic esters (lactones) is 1. The predicted octanol–water partition coefficient (Wildman–Crippen LogP) is 6.15. The van der Waals surface area contributed by atoms with Crippen molar-refractivity contribution in [2.75, 3.05) is 19.8 Å². The normalized spacial score (nSPS) is 17.0. The maximum absolute atomic E-state index is 12.5. The highest BCUT2D eigenvalue weighted by Gasteiger charge is 2.33. The second-order valence-electron chi connectivity index (χ2n) is 9.55. The minimum absolute atomic E-state index is 0.0238. The zero-order valence-electron chi connectivity index (χ0n) is 22.2. The van der Waals surface area contributed by atoms with Gasteiger partial charge in [-0.2, -0.15) is 0 Å². The van der Waals surface area contributed by atoms with E-state index in [0.29, 0.717) is 25.8 Å². The van der Waals surface area contributed by atoms with Crippen LogP contribution < -0.4 is 0 Å². The van der Waals surface area contributed by atoms with Crippen molar-refractivity contribution < 1.29 is 23.8 Å². The van der Waals surface area contributed by atoms with Crippen molar-refractivity contribution in [1.82, 2.24) is 9.80 Å². The van der Waals surface area contributed by atoms with Crippen LogP contribution in [-0.2, 0) is 9.53 Å². The van der Waals surface area contributed by atoms with Gasteiger partial charge in [-0.1, -0.05) is 66.7 Å². The topological polar surface area (TPSA) is 70.1 Å². The molecule has 1 saturated heterocycles. The SMILES string of the molecule is C/C=C(\C=C/N(C=O)CCF)c1ccc(C(C)N2CCC(CC(C)(C)O)OC2=O)cc1.c1ccccc1. The first-order chi connectivity index (χ1) is 17.7. The quantitative estimate of drug-likeness (QED) is 0.307. The van der Waals surface area contributed by atoms with Gasteiger partial charge in [-0.15, -0.1) is 0 Å². The molecule has 2 aromatic rings. The van der Waals surface area contributed by atoms with Crippen LogP contribution >= 0.6 is 0 Å². The van der Waals surface area contributed by atoms with Crippen molar-refractivity contribution in [2.45, 2.75) is 58.3 Å². The van der Waals surface area contributed by atoms with E-state index in [0.717, 1.165) is 16.7 Å². The summed E-state index contributed by atoms with van der Waals surface area (Å²) in [5.41, 5.74) is 1.96. The molecule has 3 rings (SSSR count). The van der Waals surface area contributed by atoms with E-state index in [1.54, 1.807) is 31.0 Å². The molecule has 1 fully saturated rings. The van der Waals surface area contributed by atoms with Crippen LogP contribution in [0.5, 0.6) is 0 Å². The first kappa shape index (κ1) is 29.8. The number of carbonyl (C=O) groups excluding carboxylic acids is 2. The average molecular weight is 511 g/mol.